The Kier molecular flexibility index (Phi) is 8.26. The molecule has 6 heteroatoms. The van der Waals surface area contributed by atoms with Gasteiger partial charge >= 0.3 is 316 Å². The van der Waals surface area contributed by atoms with Crippen LogP contribution in [0.15, 0.2) is 134 Å². The van der Waals surface area contributed by atoms with Crippen LogP contribution in [0.25, 0.3) is 43.4 Å². The Morgan fingerprint density at radius 1 is 0.491 bits per heavy atom. The molecule has 0 N–H and O–H groups in total. The standard InChI is InChI=1S/C47H46N4P2/c1-30(2)52-44-24-34-16-10-8-14-32(34)22-40(44)50(5)42-23-33-15-9-11-17-35(33)26-46(42)53(7,31(3)4)47-27-37-19-13-21-49-39(37)29-43(47)51(6)41-28-38-36(25-45(41)52)18-12-20-48-38/h8-31,53H,1-7H3. The van der Waals surface area contributed by atoms with Crippen molar-refractivity contribution in [1.29, 1.82) is 0 Å². The Morgan fingerprint density at radius 2 is 0.887 bits per heavy atom. The van der Waals surface area contributed by atoms with E-state index in [1.807, 2.05) is 12.4 Å². The number of anilines is 4. The fourth-order valence-electron chi connectivity index (χ4n) is 8.67. The van der Waals surface area contributed by atoms with Crippen LogP contribution in [0.5, 0.6) is 0 Å². The van der Waals surface area contributed by atoms with Gasteiger partial charge in [-0.2, -0.15) is 0 Å². The summed E-state index contributed by atoms with van der Waals surface area (Å²) in [5.74, 6) is 0. The van der Waals surface area contributed by atoms with Gasteiger partial charge in [-0.3, -0.25) is 0 Å². The molecular formula is C47H46N4P2. The Balaban J connectivity index is 1.50. The van der Waals surface area contributed by atoms with Crippen LogP contribution < -0.4 is 31.0 Å². The van der Waals surface area contributed by atoms with E-state index in [4.69, 9.17) is 9.97 Å². The molecule has 1 unspecified atom stereocenters. The number of pyridine rings is 2. The molecule has 1 atom stereocenters. The first-order chi connectivity index (χ1) is 25.6. The third-order valence-electron chi connectivity index (χ3n) is 11.9. The van der Waals surface area contributed by atoms with E-state index in [1.54, 1.807) is 0 Å². The van der Waals surface area contributed by atoms with Crippen LogP contribution >= 0.6 is 15.2 Å². The number of rotatable bonds is 2. The normalized spacial score (nSPS) is 16.3. The van der Waals surface area contributed by atoms with Crippen molar-refractivity contribution < 1.29 is 0 Å². The molecule has 0 radical (unpaired) electrons. The zero-order valence-corrected chi connectivity index (χ0v) is 33.5. The molecule has 264 valence electrons. The molecule has 0 saturated heterocycles. The molecule has 53 heavy (non-hydrogen) atoms. The molecule has 0 bridgehead atoms. The zero-order valence-electron chi connectivity index (χ0n) is 31.6. The Bertz CT molecular complexity index is 2540. The van der Waals surface area contributed by atoms with Gasteiger partial charge in [0.15, 0.2) is 0 Å². The Morgan fingerprint density at radius 3 is 1.43 bits per heavy atom. The summed E-state index contributed by atoms with van der Waals surface area (Å²) in [6.07, 6.45) is 3.84. The first-order valence-electron chi connectivity index (χ1n) is 18.7. The molecule has 0 spiro atoms. The maximum atomic E-state index is 4.92. The third kappa shape index (κ3) is 5.41. The van der Waals surface area contributed by atoms with Gasteiger partial charge in [-0.1, -0.05) is 0 Å². The third-order valence-corrected chi connectivity index (χ3v) is 20.0. The number of nitrogens with zero attached hydrogens (tertiary/aromatic N) is 4. The van der Waals surface area contributed by atoms with Crippen molar-refractivity contribution in [3.8, 4) is 0 Å². The molecule has 1 aliphatic heterocycles. The van der Waals surface area contributed by atoms with Gasteiger partial charge in [-0.05, 0) is 0 Å². The van der Waals surface area contributed by atoms with E-state index in [-0.39, 0.29) is 0 Å². The number of fused-ring (bicyclic) bond motifs is 8. The second-order valence-corrected chi connectivity index (χ2v) is 22.8. The molecule has 6 aromatic carbocycles. The summed E-state index contributed by atoms with van der Waals surface area (Å²) in [5, 5.41) is 13.1. The van der Waals surface area contributed by atoms with E-state index < -0.39 is 15.2 Å². The van der Waals surface area contributed by atoms with Gasteiger partial charge in [0, 0.05) is 0 Å². The van der Waals surface area contributed by atoms with Crippen LogP contribution in [0.4, 0.5) is 22.7 Å². The van der Waals surface area contributed by atoms with Crippen molar-refractivity contribution in [3.05, 3.63) is 134 Å². The first kappa shape index (κ1) is 33.9. The van der Waals surface area contributed by atoms with E-state index in [0.29, 0.717) is 11.3 Å². The van der Waals surface area contributed by atoms with Gasteiger partial charge < -0.3 is 0 Å². The topological polar surface area (TPSA) is 32.3 Å². The van der Waals surface area contributed by atoms with Crippen LogP contribution in [-0.4, -0.2) is 42.0 Å². The van der Waals surface area contributed by atoms with Crippen molar-refractivity contribution in [3.63, 3.8) is 0 Å². The minimum absolute atomic E-state index is 0.367. The predicted octanol–water partition coefficient (Wildman–Crippen LogP) is 10.5. The molecule has 0 aliphatic carbocycles. The second kappa shape index (κ2) is 12.9. The molecular weight excluding hydrogens is 682 g/mol. The van der Waals surface area contributed by atoms with Gasteiger partial charge in [-0.25, -0.2) is 0 Å². The molecule has 0 saturated carbocycles. The first-order valence-corrected chi connectivity index (χ1v) is 22.7. The number of benzene rings is 6. The Labute approximate surface area is 314 Å². The maximum absolute atomic E-state index is 4.92. The van der Waals surface area contributed by atoms with Crippen molar-refractivity contribution >= 4 is 103 Å². The van der Waals surface area contributed by atoms with Gasteiger partial charge in [0.05, 0.1) is 0 Å². The van der Waals surface area contributed by atoms with Crippen LogP contribution in [0.2, 0.25) is 0 Å². The Hall–Kier alpha value is -4.88. The quantitative estimate of drug-likeness (QED) is 0.166. The van der Waals surface area contributed by atoms with Crippen molar-refractivity contribution in [2.24, 2.45) is 0 Å². The van der Waals surface area contributed by atoms with Crippen molar-refractivity contribution in [2.45, 2.75) is 39.0 Å². The van der Waals surface area contributed by atoms with E-state index in [0.717, 1.165) is 11.0 Å². The van der Waals surface area contributed by atoms with Gasteiger partial charge in [0.1, 0.15) is 0 Å². The second-order valence-electron chi connectivity index (χ2n) is 15.4. The molecule has 0 amide bonds. The van der Waals surface area contributed by atoms with E-state index in [2.05, 4.69) is 180 Å². The van der Waals surface area contributed by atoms with Crippen LogP contribution in [-0.2, 0) is 0 Å². The molecule has 1 aliphatic rings. The van der Waals surface area contributed by atoms with Gasteiger partial charge in [0.2, 0.25) is 0 Å². The summed E-state index contributed by atoms with van der Waals surface area (Å²) < 4.78 is 0. The molecule has 3 heterocycles. The molecule has 2 aromatic heterocycles. The zero-order chi connectivity index (χ0) is 36.6. The number of aromatic nitrogens is 2. The molecule has 8 aromatic rings. The van der Waals surface area contributed by atoms with Crippen molar-refractivity contribution in [2.75, 3.05) is 30.6 Å². The van der Waals surface area contributed by atoms with E-state index in [1.165, 1.54) is 76.3 Å². The SMILES string of the molecule is CC(C)P1c2cc3ccccc3cc2N(C)c2cc3ccccc3cc2[PH](C)(C(C)C)c2cc3cccnc3cc2N(C)c2cc3ncccc3cc21. The fraction of sp³-hybridized carbons (Fsp3) is 0.191. The monoisotopic (exact) mass is 728 g/mol. The summed E-state index contributed by atoms with van der Waals surface area (Å²) in [6, 6.07) is 46.0. The fourth-order valence-corrected chi connectivity index (χ4v) is 15.5. The van der Waals surface area contributed by atoms with Gasteiger partial charge in [-0.15, -0.1) is 0 Å². The average Bonchev–Trinajstić information content (AvgIpc) is 3.18. The summed E-state index contributed by atoms with van der Waals surface area (Å²) in [6.45, 7) is 12.3. The minimum atomic E-state index is -2.56. The van der Waals surface area contributed by atoms with Crippen molar-refractivity contribution in [1.82, 2.24) is 9.97 Å². The van der Waals surface area contributed by atoms with Crippen LogP contribution in [0.3, 0.4) is 0 Å². The predicted molar refractivity (Wildman–Crippen MR) is 237 cm³/mol. The molecule has 4 nitrogen and oxygen atoms in total. The van der Waals surface area contributed by atoms with Crippen LogP contribution in [0.1, 0.15) is 27.7 Å². The average molecular weight is 729 g/mol. The molecule has 0 fully saturated rings. The number of hydrogen-bond acceptors (Lipinski definition) is 4. The summed E-state index contributed by atoms with van der Waals surface area (Å²) in [4.78, 5) is 14.9. The van der Waals surface area contributed by atoms with E-state index in [9.17, 15) is 0 Å². The number of hydrogen-bond donors (Lipinski definition) is 0. The molecule has 9 rings (SSSR count). The van der Waals surface area contributed by atoms with Crippen LogP contribution in [0, 0.1) is 0 Å². The summed E-state index contributed by atoms with van der Waals surface area (Å²) in [7, 11) is 1.19. The summed E-state index contributed by atoms with van der Waals surface area (Å²) in [5.41, 5.74) is 7.82. The van der Waals surface area contributed by atoms with E-state index >= 15 is 0 Å². The summed E-state index contributed by atoms with van der Waals surface area (Å²) >= 11 is 0. The van der Waals surface area contributed by atoms with Gasteiger partial charge in [0.25, 0.3) is 0 Å².